The van der Waals surface area contributed by atoms with Crippen LogP contribution in [-0.2, 0) is 4.74 Å². The molecule has 0 heterocycles. The van der Waals surface area contributed by atoms with Gasteiger partial charge in [-0.15, -0.1) is 0 Å². The van der Waals surface area contributed by atoms with Crippen molar-refractivity contribution in [1.29, 1.82) is 0 Å². The Labute approximate surface area is 97.6 Å². The third-order valence-corrected chi connectivity index (χ3v) is 2.62. The van der Waals surface area contributed by atoms with Gasteiger partial charge in [-0.2, -0.15) is 0 Å². The van der Waals surface area contributed by atoms with Crippen LogP contribution in [-0.4, -0.2) is 26.9 Å². The van der Waals surface area contributed by atoms with Gasteiger partial charge in [0.2, 0.25) is 0 Å². The van der Waals surface area contributed by atoms with Crippen molar-refractivity contribution >= 4 is 0 Å². The zero-order chi connectivity index (χ0) is 12.0. The molecule has 0 amide bonds. The van der Waals surface area contributed by atoms with E-state index < -0.39 is 0 Å². The Balaban J connectivity index is 2.85. The molecule has 1 aromatic carbocycles. The Kier molecular flexibility index (Phi) is 5.29. The lowest BCUT2D eigenvalue weighted by atomic mass is 9.98. The van der Waals surface area contributed by atoms with Gasteiger partial charge in [0.05, 0.1) is 13.2 Å². The molecule has 16 heavy (non-hydrogen) atoms. The van der Waals surface area contributed by atoms with Crippen LogP contribution in [0.3, 0.4) is 0 Å². The summed E-state index contributed by atoms with van der Waals surface area (Å²) < 4.78 is 10.7. The molecule has 0 saturated carbocycles. The Morgan fingerprint density at radius 3 is 2.62 bits per heavy atom. The van der Waals surface area contributed by atoms with Crippen LogP contribution in [0.5, 0.6) is 5.75 Å². The average Bonchev–Trinajstić information content (AvgIpc) is 2.29. The highest BCUT2D eigenvalue weighted by atomic mass is 16.5. The van der Waals surface area contributed by atoms with Crippen LogP contribution in [0.2, 0.25) is 0 Å². The number of methoxy groups -OCH3 is 1. The number of hydrogen-bond acceptors (Lipinski definition) is 3. The number of rotatable bonds is 6. The van der Waals surface area contributed by atoms with Crippen molar-refractivity contribution in [3.8, 4) is 5.75 Å². The number of benzene rings is 1. The Bertz CT molecular complexity index is 326. The molecule has 90 valence electrons. The quantitative estimate of drug-likeness (QED) is 0.803. The van der Waals surface area contributed by atoms with Gasteiger partial charge in [-0.25, -0.2) is 0 Å². The monoisotopic (exact) mass is 223 g/mol. The second-order valence-electron chi connectivity index (χ2n) is 3.85. The van der Waals surface area contributed by atoms with Crippen molar-refractivity contribution in [3.05, 3.63) is 29.3 Å². The zero-order valence-electron chi connectivity index (χ0n) is 10.3. The zero-order valence-corrected chi connectivity index (χ0v) is 10.3. The lowest BCUT2D eigenvalue weighted by Crippen LogP contribution is -2.17. The lowest BCUT2D eigenvalue weighted by Gasteiger charge is -2.16. The Hall–Kier alpha value is -1.06. The highest BCUT2D eigenvalue weighted by Crippen LogP contribution is 2.23. The van der Waals surface area contributed by atoms with Gasteiger partial charge in [0, 0.05) is 19.6 Å². The van der Waals surface area contributed by atoms with E-state index in [1.165, 1.54) is 5.56 Å². The van der Waals surface area contributed by atoms with Crippen LogP contribution in [0.4, 0.5) is 0 Å². The number of aryl methyl sites for hydroxylation is 1. The minimum absolute atomic E-state index is 0.263. The van der Waals surface area contributed by atoms with Gasteiger partial charge < -0.3 is 15.2 Å². The van der Waals surface area contributed by atoms with Crippen LogP contribution in [0.25, 0.3) is 0 Å². The second-order valence-corrected chi connectivity index (χ2v) is 3.85. The molecule has 0 spiro atoms. The first-order valence-corrected chi connectivity index (χ1v) is 5.65. The maximum Gasteiger partial charge on any atom is 0.122 e. The normalized spacial score (nSPS) is 12.5. The van der Waals surface area contributed by atoms with Crippen LogP contribution < -0.4 is 10.5 Å². The highest BCUT2D eigenvalue weighted by molar-refractivity contribution is 5.37. The van der Waals surface area contributed by atoms with Gasteiger partial charge in [-0.1, -0.05) is 12.1 Å². The first-order chi connectivity index (χ1) is 7.72. The first-order valence-electron chi connectivity index (χ1n) is 5.65. The van der Waals surface area contributed by atoms with Crippen LogP contribution in [0, 0.1) is 6.92 Å². The minimum Gasteiger partial charge on any atom is -0.494 e. The van der Waals surface area contributed by atoms with Crippen molar-refractivity contribution in [2.24, 2.45) is 5.73 Å². The van der Waals surface area contributed by atoms with Crippen molar-refractivity contribution < 1.29 is 9.47 Å². The van der Waals surface area contributed by atoms with Gasteiger partial charge in [-0.3, -0.25) is 0 Å². The third kappa shape index (κ3) is 3.22. The van der Waals surface area contributed by atoms with Gasteiger partial charge in [0.15, 0.2) is 0 Å². The fourth-order valence-corrected chi connectivity index (χ4v) is 1.75. The van der Waals surface area contributed by atoms with E-state index in [4.69, 9.17) is 15.2 Å². The molecular weight excluding hydrogens is 202 g/mol. The summed E-state index contributed by atoms with van der Waals surface area (Å²) >= 11 is 0. The molecule has 0 aliphatic heterocycles. The molecule has 2 N–H and O–H groups in total. The molecule has 1 aromatic rings. The van der Waals surface area contributed by atoms with E-state index in [1.807, 2.05) is 13.0 Å². The molecule has 0 aliphatic carbocycles. The largest absolute Gasteiger partial charge is 0.494 e. The predicted octanol–water partition coefficient (Wildman–Crippen LogP) is 2.08. The summed E-state index contributed by atoms with van der Waals surface area (Å²) in [5.41, 5.74) is 8.09. The fraction of sp³-hybridized carbons (Fsp3) is 0.538. The summed E-state index contributed by atoms with van der Waals surface area (Å²) in [5.74, 6) is 1.21. The van der Waals surface area contributed by atoms with Gasteiger partial charge >= 0.3 is 0 Å². The molecule has 1 unspecified atom stereocenters. The summed E-state index contributed by atoms with van der Waals surface area (Å²) in [4.78, 5) is 0. The van der Waals surface area contributed by atoms with Crippen LogP contribution in [0.1, 0.15) is 24.0 Å². The molecule has 3 heteroatoms. The standard InChI is InChI=1S/C13H21NO2/c1-4-16-13-6-5-11(7-10(13)2)12(8-14)9-15-3/h5-7,12H,4,8-9,14H2,1-3H3. The van der Waals surface area contributed by atoms with E-state index in [9.17, 15) is 0 Å². The van der Waals surface area contributed by atoms with E-state index in [-0.39, 0.29) is 5.92 Å². The van der Waals surface area contributed by atoms with Gasteiger partial charge in [0.1, 0.15) is 5.75 Å². The van der Waals surface area contributed by atoms with Crippen LogP contribution in [0.15, 0.2) is 18.2 Å². The van der Waals surface area contributed by atoms with E-state index in [1.54, 1.807) is 7.11 Å². The summed E-state index contributed by atoms with van der Waals surface area (Å²) in [5, 5.41) is 0. The molecular formula is C13H21NO2. The molecule has 0 fully saturated rings. The summed E-state index contributed by atoms with van der Waals surface area (Å²) in [6, 6.07) is 6.20. The summed E-state index contributed by atoms with van der Waals surface area (Å²) in [6.45, 7) is 5.99. The molecule has 1 atom stereocenters. The maximum atomic E-state index is 5.73. The number of ether oxygens (including phenoxy) is 2. The molecule has 3 nitrogen and oxygen atoms in total. The van der Waals surface area contributed by atoms with Crippen LogP contribution >= 0.6 is 0 Å². The minimum atomic E-state index is 0.263. The molecule has 0 aliphatic rings. The predicted molar refractivity (Wildman–Crippen MR) is 66.0 cm³/mol. The SMILES string of the molecule is CCOc1ccc(C(CN)COC)cc1C. The fourth-order valence-electron chi connectivity index (χ4n) is 1.75. The van der Waals surface area contributed by atoms with Gasteiger partial charge in [0.25, 0.3) is 0 Å². The van der Waals surface area contributed by atoms with Gasteiger partial charge in [-0.05, 0) is 31.0 Å². The average molecular weight is 223 g/mol. The summed E-state index contributed by atoms with van der Waals surface area (Å²) in [6.07, 6.45) is 0. The summed E-state index contributed by atoms with van der Waals surface area (Å²) in [7, 11) is 1.70. The smallest absolute Gasteiger partial charge is 0.122 e. The van der Waals surface area contributed by atoms with E-state index in [0.29, 0.717) is 19.8 Å². The topological polar surface area (TPSA) is 44.5 Å². The molecule has 0 saturated heterocycles. The molecule has 0 radical (unpaired) electrons. The highest BCUT2D eigenvalue weighted by Gasteiger charge is 2.10. The van der Waals surface area contributed by atoms with E-state index in [0.717, 1.165) is 11.3 Å². The van der Waals surface area contributed by atoms with Crippen molar-refractivity contribution in [2.75, 3.05) is 26.9 Å². The lowest BCUT2D eigenvalue weighted by molar-refractivity contribution is 0.181. The third-order valence-electron chi connectivity index (χ3n) is 2.62. The van der Waals surface area contributed by atoms with E-state index >= 15 is 0 Å². The second kappa shape index (κ2) is 6.51. The Morgan fingerprint density at radius 1 is 1.38 bits per heavy atom. The van der Waals surface area contributed by atoms with Crippen molar-refractivity contribution in [3.63, 3.8) is 0 Å². The van der Waals surface area contributed by atoms with Crippen molar-refractivity contribution in [1.82, 2.24) is 0 Å². The maximum absolute atomic E-state index is 5.73. The molecule has 1 rings (SSSR count). The Morgan fingerprint density at radius 2 is 2.12 bits per heavy atom. The van der Waals surface area contributed by atoms with Crippen molar-refractivity contribution in [2.45, 2.75) is 19.8 Å². The molecule has 0 bridgehead atoms. The van der Waals surface area contributed by atoms with E-state index in [2.05, 4.69) is 19.1 Å². The first kappa shape index (κ1) is 13.0. The number of hydrogen-bond donors (Lipinski definition) is 1. The number of nitrogens with two attached hydrogens (primary N) is 1. The molecule has 0 aromatic heterocycles.